The number of hydrogen-bond acceptors (Lipinski definition) is 6. The number of halogens is 3. The molecule has 0 unspecified atom stereocenters. The van der Waals surface area contributed by atoms with Crippen molar-refractivity contribution < 1.29 is 37.8 Å². The van der Waals surface area contributed by atoms with Crippen molar-refractivity contribution in [3.05, 3.63) is 114 Å². The van der Waals surface area contributed by atoms with Gasteiger partial charge in [-0.25, -0.2) is 9.78 Å². The highest BCUT2D eigenvalue weighted by atomic mass is 19.4. The minimum atomic E-state index is -5.08. The Labute approximate surface area is 290 Å². The van der Waals surface area contributed by atoms with Gasteiger partial charge in [0.1, 0.15) is 11.6 Å². The smallest absolute Gasteiger partial charge is 0.490 e. The second-order valence-electron chi connectivity index (χ2n) is 11.8. The number of benzene rings is 3. The second-order valence-corrected chi connectivity index (χ2v) is 11.8. The van der Waals surface area contributed by atoms with Gasteiger partial charge in [-0.15, -0.1) is 0 Å². The number of carboxylic acids is 1. The van der Waals surface area contributed by atoms with E-state index in [2.05, 4.69) is 50.6 Å². The molecule has 3 aromatic carbocycles. The summed E-state index contributed by atoms with van der Waals surface area (Å²) in [4.78, 5) is 38.5. The Hall–Kier alpha value is -6.05. The van der Waals surface area contributed by atoms with E-state index in [1.807, 2.05) is 49.5 Å². The number of aryl methyl sites for hydroxylation is 1. The number of ether oxygens (including phenoxy) is 1. The number of nitrogens with zero attached hydrogens (tertiary/aromatic N) is 3. The number of aromatic amines is 2. The van der Waals surface area contributed by atoms with Crippen molar-refractivity contribution in [3.63, 3.8) is 0 Å². The molecule has 0 radical (unpaired) electrons. The average molecular weight is 703 g/mol. The lowest BCUT2D eigenvalue weighted by Crippen LogP contribution is -2.30. The van der Waals surface area contributed by atoms with Gasteiger partial charge < -0.3 is 30.3 Å². The summed E-state index contributed by atoms with van der Waals surface area (Å²) in [5, 5.41) is 23.6. The molecule has 266 valence electrons. The Morgan fingerprint density at radius 2 is 1.75 bits per heavy atom. The number of pyridine rings is 1. The van der Waals surface area contributed by atoms with Crippen LogP contribution in [-0.4, -0.2) is 61.7 Å². The van der Waals surface area contributed by atoms with E-state index in [1.54, 1.807) is 25.4 Å². The van der Waals surface area contributed by atoms with Crippen LogP contribution in [0.15, 0.2) is 96.2 Å². The number of hydrogen-bond donors (Lipinski definition) is 5. The van der Waals surface area contributed by atoms with E-state index in [1.165, 1.54) is 5.39 Å². The molecular formula is C37H37F3N6O5. The predicted molar refractivity (Wildman–Crippen MR) is 185 cm³/mol. The molecule has 14 heteroatoms. The zero-order valence-electron chi connectivity index (χ0n) is 27.9. The molecule has 11 nitrogen and oxygen atoms in total. The normalized spacial score (nSPS) is 12.4. The number of carbonyl (C=O) groups is 2. The third-order valence-electron chi connectivity index (χ3n) is 8.22. The van der Waals surface area contributed by atoms with Gasteiger partial charge in [-0.1, -0.05) is 42.5 Å². The first-order valence-corrected chi connectivity index (χ1v) is 16.1. The number of imidazole rings is 1. The van der Waals surface area contributed by atoms with E-state index >= 15 is 0 Å². The fourth-order valence-corrected chi connectivity index (χ4v) is 5.62. The van der Waals surface area contributed by atoms with Gasteiger partial charge in [0.2, 0.25) is 5.91 Å². The second kappa shape index (κ2) is 16.1. The maximum absolute atomic E-state index is 13.5. The standard InChI is InChI=1S/C35H36N6O3.C2HF3O2/c1-23-28(29-20-27(44-2)15-16-30(29)38-23)21-34(42)39-31(11-5-7-17-36-33-12-6-8-18-41(33)43)35-37-22-32(40-35)26-14-13-24-9-3-4-10-25(24)19-26;3-2(4,5)1(6)7/h3-4,6,8-10,12-16,18-20,22,31,38,43H,5,7,11,17,21H2,1-2H3,(H,37,40)(H,39,42);(H,6,7)/t31-;/m0./s1. The SMILES string of the molecule is COc1ccc2[nH]c(C)c(CC(=O)N[C@@H](CCCCN=c3ccccn3O)c3ncc(-c4ccc5ccccc5c4)[nH]3)c2c1.O=C(O)C(F)(F)F. The average Bonchev–Trinajstić information content (AvgIpc) is 3.72. The topological polar surface area (TPSA) is 158 Å². The zero-order chi connectivity index (χ0) is 36.5. The number of aromatic nitrogens is 4. The molecule has 0 bridgehead atoms. The van der Waals surface area contributed by atoms with Gasteiger partial charge in [-0.05, 0) is 78.9 Å². The van der Waals surface area contributed by atoms with Crippen molar-refractivity contribution in [2.24, 2.45) is 4.99 Å². The number of H-pyrrole nitrogens is 2. The molecule has 0 aliphatic rings. The molecule has 6 aromatic rings. The Bertz CT molecular complexity index is 2200. The molecule has 5 N–H and O–H groups in total. The van der Waals surface area contributed by atoms with Crippen LogP contribution in [0.1, 0.15) is 42.4 Å². The summed E-state index contributed by atoms with van der Waals surface area (Å²) in [5.74, 6) is -1.37. The van der Waals surface area contributed by atoms with E-state index in [9.17, 15) is 23.2 Å². The molecule has 0 saturated heterocycles. The maximum Gasteiger partial charge on any atom is 0.490 e. The summed E-state index contributed by atoms with van der Waals surface area (Å²) < 4.78 is 38.2. The van der Waals surface area contributed by atoms with Crippen LogP contribution in [0.2, 0.25) is 0 Å². The van der Waals surface area contributed by atoms with E-state index in [4.69, 9.17) is 19.6 Å². The summed E-state index contributed by atoms with van der Waals surface area (Å²) in [6, 6.07) is 25.5. The van der Waals surface area contributed by atoms with Crippen molar-refractivity contribution >= 4 is 33.6 Å². The number of aliphatic carboxylic acids is 1. The highest BCUT2D eigenvalue weighted by Gasteiger charge is 2.38. The molecule has 1 atom stereocenters. The van der Waals surface area contributed by atoms with E-state index in [0.29, 0.717) is 24.3 Å². The first kappa shape index (κ1) is 36.2. The number of rotatable bonds is 11. The Balaban J connectivity index is 0.000000654. The molecule has 3 aromatic heterocycles. The largest absolute Gasteiger partial charge is 0.497 e. The van der Waals surface area contributed by atoms with E-state index in [-0.39, 0.29) is 18.4 Å². The van der Waals surface area contributed by atoms with Crippen molar-refractivity contribution in [1.82, 2.24) is 25.0 Å². The van der Waals surface area contributed by atoms with E-state index < -0.39 is 12.1 Å². The van der Waals surface area contributed by atoms with Crippen molar-refractivity contribution in [3.8, 4) is 17.0 Å². The lowest BCUT2D eigenvalue weighted by Gasteiger charge is -2.17. The van der Waals surface area contributed by atoms with Crippen LogP contribution < -0.4 is 15.5 Å². The van der Waals surface area contributed by atoms with Crippen LogP contribution >= 0.6 is 0 Å². The third-order valence-corrected chi connectivity index (χ3v) is 8.22. The monoisotopic (exact) mass is 702 g/mol. The lowest BCUT2D eigenvalue weighted by molar-refractivity contribution is -0.192. The summed E-state index contributed by atoms with van der Waals surface area (Å²) in [7, 11) is 1.64. The number of alkyl halides is 3. The number of unbranched alkanes of at least 4 members (excludes halogenated alkanes) is 1. The van der Waals surface area contributed by atoms with E-state index in [0.717, 1.165) is 62.1 Å². The lowest BCUT2D eigenvalue weighted by atomic mass is 10.0. The van der Waals surface area contributed by atoms with Crippen molar-refractivity contribution in [2.75, 3.05) is 13.7 Å². The van der Waals surface area contributed by atoms with Gasteiger partial charge in [-0.3, -0.25) is 9.79 Å². The molecule has 0 aliphatic heterocycles. The van der Waals surface area contributed by atoms with Gasteiger partial charge in [0.15, 0.2) is 5.49 Å². The summed E-state index contributed by atoms with van der Waals surface area (Å²) in [6.07, 6.45) is 0.816. The summed E-state index contributed by atoms with van der Waals surface area (Å²) in [5.41, 5.74) is 5.32. The van der Waals surface area contributed by atoms with Gasteiger partial charge in [0, 0.05) is 34.9 Å². The summed E-state index contributed by atoms with van der Waals surface area (Å²) in [6.45, 7) is 2.54. The molecule has 0 aliphatic carbocycles. The number of nitrogens with one attached hydrogen (secondary N) is 3. The number of carbonyl (C=O) groups excluding carboxylic acids is 1. The van der Waals surface area contributed by atoms with Gasteiger partial charge in [-0.2, -0.15) is 17.9 Å². The fourth-order valence-electron chi connectivity index (χ4n) is 5.62. The highest BCUT2D eigenvalue weighted by Crippen LogP contribution is 2.28. The Morgan fingerprint density at radius 3 is 2.47 bits per heavy atom. The highest BCUT2D eigenvalue weighted by molar-refractivity contribution is 5.91. The molecular weight excluding hydrogens is 665 g/mol. The summed E-state index contributed by atoms with van der Waals surface area (Å²) >= 11 is 0. The fraction of sp³-hybridized carbons (Fsp3) is 0.243. The number of fused-ring (bicyclic) bond motifs is 2. The first-order chi connectivity index (χ1) is 24.4. The van der Waals surface area contributed by atoms with Crippen molar-refractivity contribution in [2.45, 2.75) is 44.8 Å². The number of carboxylic acid groups (broad SMARTS) is 1. The van der Waals surface area contributed by atoms with Crippen LogP contribution in [0.4, 0.5) is 13.2 Å². The molecule has 0 saturated carbocycles. The quantitative estimate of drug-likeness (QED) is 0.0733. The number of methoxy groups -OCH3 is 1. The first-order valence-electron chi connectivity index (χ1n) is 16.1. The van der Waals surface area contributed by atoms with Crippen LogP contribution in [0.3, 0.4) is 0 Å². The van der Waals surface area contributed by atoms with Crippen LogP contribution in [0, 0.1) is 6.92 Å². The minimum Gasteiger partial charge on any atom is -0.497 e. The number of amides is 1. The molecule has 0 fully saturated rings. The minimum absolute atomic E-state index is 0.0826. The van der Waals surface area contributed by atoms with Gasteiger partial charge >= 0.3 is 12.1 Å². The Morgan fingerprint density at radius 1 is 1.00 bits per heavy atom. The molecule has 6 rings (SSSR count). The van der Waals surface area contributed by atoms with Crippen molar-refractivity contribution in [1.29, 1.82) is 0 Å². The van der Waals surface area contributed by atoms with Crippen LogP contribution in [0.5, 0.6) is 5.75 Å². The predicted octanol–water partition coefficient (Wildman–Crippen LogP) is 6.87. The van der Waals surface area contributed by atoms with Gasteiger partial charge in [0.25, 0.3) is 0 Å². The molecule has 0 spiro atoms. The molecule has 3 heterocycles. The Kier molecular flexibility index (Phi) is 11.4. The molecule has 51 heavy (non-hydrogen) atoms. The van der Waals surface area contributed by atoms with Gasteiger partial charge in [0.05, 0.1) is 31.5 Å². The molecule has 1 amide bonds. The maximum atomic E-state index is 13.5. The van der Waals surface area contributed by atoms with Crippen LogP contribution in [0.25, 0.3) is 32.9 Å². The third kappa shape index (κ3) is 9.35. The zero-order valence-corrected chi connectivity index (χ0v) is 27.9. The van der Waals surface area contributed by atoms with Crippen LogP contribution in [-0.2, 0) is 16.0 Å².